The maximum absolute atomic E-state index is 12.6. The predicted molar refractivity (Wildman–Crippen MR) is 110 cm³/mol. The number of pyridine rings is 1. The Morgan fingerprint density at radius 3 is 2.71 bits per heavy atom. The van der Waals surface area contributed by atoms with E-state index in [0.717, 1.165) is 36.3 Å². The van der Waals surface area contributed by atoms with Crippen LogP contribution in [0.5, 0.6) is 0 Å². The number of nitrogens with one attached hydrogen (secondary N) is 1. The third kappa shape index (κ3) is 3.10. The molecule has 138 valence electrons. The number of H-pyrrole nitrogens is 1. The number of hydrogen-bond acceptors (Lipinski definition) is 4. The van der Waals surface area contributed by atoms with E-state index in [1.165, 1.54) is 16.3 Å². The van der Waals surface area contributed by atoms with E-state index in [1.54, 1.807) is 12.4 Å². The highest BCUT2D eigenvalue weighted by atomic mass is 16.1. The smallest absolute Gasteiger partial charge is 0.254 e. The molecule has 1 aliphatic heterocycles. The molecular weight excluding hydrogens is 348 g/mol. The minimum absolute atomic E-state index is 0.0263. The van der Waals surface area contributed by atoms with Gasteiger partial charge in [-0.05, 0) is 34.9 Å². The molecule has 3 heterocycles. The first kappa shape index (κ1) is 16.8. The summed E-state index contributed by atoms with van der Waals surface area (Å²) in [5.74, 6) is 0.609. The molecule has 0 unspecified atom stereocenters. The lowest BCUT2D eigenvalue weighted by Gasteiger charge is -2.28. The first-order valence-corrected chi connectivity index (χ1v) is 9.49. The Morgan fingerprint density at radius 2 is 1.82 bits per heavy atom. The number of hydrogen-bond donors (Lipinski definition) is 1. The van der Waals surface area contributed by atoms with Crippen LogP contribution in [-0.2, 0) is 19.5 Å². The number of rotatable bonds is 3. The quantitative estimate of drug-likeness (QED) is 0.601. The second-order valence-corrected chi connectivity index (χ2v) is 7.17. The van der Waals surface area contributed by atoms with Crippen molar-refractivity contribution in [3.05, 3.63) is 94.2 Å². The molecule has 5 heteroatoms. The first-order valence-electron chi connectivity index (χ1n) is 9.49. The Bertz CT molecular complexity index is 1190. The normalized spacial score (nSPS) is 14.1. The predicted octanol–water partition coefficient (Wildman–Crippen LogP) is 3.54. The molecule has 0 aliphatic carbocycles. The summed E-state index contributed by atoms with van der Waals surface area (Å²) in [4.78, 5) is 26.7. The summed E-state index contributed by atoms with van der Waals surface area (Å²) in [7, 11) is 0. The zero-order valence-electron chi connectivity index (χ0n) is 15.4. The highest BCUT2D eigenvalue weighted by Crippen LogP contribution is 2.23. The average molecular weight is 368 g/mol. The lowest BCUT2D eigenvalue weighted by molar-refractivity contribution is 0.241. The van der Waals surface area contributed by atoms with E-state index in [2.05, 4.69) is 57.3 Å². The van der Waals surface area contributed by atoms with Crippen LogP contribution in [0, 0.1) is 0 Å². The second-order valence-electron chi connectivity index (χ2n) is 7.17. The summed E-state index contributed by atoms with van der Waals surface area (Å²) in [6.45, 7) is 2.38. The Morgan fingerprint density at radius 1 is 1.00 bits per heavy atom. The number of nitrogens with zero attached hydrogens (tertiary/aromatic N) is 3. The van der Waals surface area contributed by atoms with Crippen molar-refractivity contribution in [3.8, 4) is 11.4 Å². The van der Waals surface area contributed by atoms with E-state index in [0.29, 0.717) is 12.4 Å². The Hall–Kier alpha value is -3.31. The average Bonchev–Trinajstić information content (AvgIpc) is 2.74. The van der Waals surface area contributed by atoms with Gasteiger partial charge in [0, 0.05) is 43.2 Å². The fraction of sp³-hybridized carbons (Fsp3) is 0.174. The molecule has 5 rings (SSSR count). The minimum atomic E-state index is -0.0263. The number of aromatic amines is 1. The molecule has 0 saturated carbocycles. The molecule has 4 aromatic rings. The molecule has 0 fully saturated rings. The van der Waals surface area contributed by atoms with Gasteiger partial charge in [-0.3, -0.25) is 14.7 Å². The van der Waals surface area contributed by atoms with Gasteiger partial charge in [0.15, 0.2) is 0 Å². The van der Waals surface area contributed by atoms with E-state index in [-0.39, 0.29) is 5.56 Å². The molecule has 2 aromatic carbocycles. The standard InChI is InChI=1S/C23H20N4O/c28-23-20-10-13-27(14-18-6-3-5-16-4-1-2-7-19(16)18)15-21(20)25-22(26-23)17-8-11-24-12-9-17/h1-9,11-12H,10,13-15H2,(H,25,26,28). The monoisotopic (exact) mass is 368 g/mol. The van der Waals surface area contributed by atoms with Gasteiger partial charge in [-0.25, -0.2) is 4.98 Å². The van der Waals surface area contributed by atoms with Crippen LogP contribution in [0.15, 0.2) is 71.8 Å². The van der Waals surface area contributed by atoms with Crippen LogP contribution in [-0.4, -0.2) is 26.4 Å². The molecule has 0 bridgehead atoms. The summed E-state index contributed by atoms with van der Waals surface area (Å²) in [6, 6.07) is 18.6. The van der Waals surface area contributed by atoms with Crippen LogP contribution in [0.3, 0.4) is 0 Å². The van der Waals surface area contributed by atoms with Gasteiger partial charge in [0.05, 0.1) is 5.69 Å². The van der Waals surface area contributed by atoms with Crippen molar-refractivity contribution in [2.45, 2.75) is 19.5 Å². The zero-order valence-corrected chi connectivity index (χ0v) is 15.4. The Labute approximate surface area is 162 Å². The van der Waals surface area contributed by atoms with Gasteiger partial charge in [0.25, 0.3) is 5.56 Å². The van der Waals surface area contributed by atoms with Crippen molar-refractivity contribution in [1.29, 1.82) is 0 Å². The van der Waals surface area contributed by atoms with Crippen molar-refractivity contribution in [2.24, 2.45) is 0 Å². The van der Waals surface area contributed by atoms with Gasteiger partial charge in [-0.1, -0.05) is 42.5 Å². The zero-order chi connectivity index (χ0) is 18.9. The molecule has 5 nitrogen and oxygen atoms in total. The molecular formula is C23H20N4O. The Balaban J connectivity index is 1.46. The van der Waals surface area contributed by atoms with E-state index < -0.39 is 0 Å². The molecule has 1 aliphatic rings. The second kappa shape index (κ2) is 7.02. The maximum atomic E-state index is 12.6. The van der Waals surface area contributed by atoms with Gasteiger partial charge in [-0.2, -0.15) is 0 Å². The van der Waals surface area contributed by atoms with E-state index >= 15 is 0 Å². The molecule has 28 heavy (non-hydrogen) atoms. The maximum Gasteiger partial charge on any atom is 0.254 e. The molecule has 0 amide bonds. The molecule has 0 spiro atoms. The highest BCUT2D eigenvalue weighted by Gasteiger charge is 2.22. The number of benzene rings is 2. The lowest BCUT2D eigenvalue weighted by Crippen LogP contribution is -2.35. The van der Waals surface area contributed by atoms with Gasteiger partial charge >= 0.3 is 0 Å². The number of aromatic nitrogens is 3. The van der Waals surface area contributed by atoms with Gasteiger partial charge in [-0.15, -0.1) is 0 Å². The summed E-state index contributed by atoms with van der Waals surface area (Å²) in [5, 5.41) is 2.54. The molecule has 0 saturated heterocycles. The van der Waals surface area contributed by atoms with Crippen LogP contribution < -0.4 is 5.56 Å². The van der Waals surface area contributed by atoms with Crippen LogP contribution in [0.2, 0.25) is 0 Å². The summed E-state index contributed by atoms with van der Waals surface area (Å²) in [6.07, 6.45) is 4.14. The lowest BCUT2D eigenvalue weighted by atomic mass is 10.0. The van der Waals surface area contributed by atoms with Crippen molar-refractivity contribution in [1.82, 2.24) is 19.9 Å². The SMILES string of the molecule is O=c1[nH]c(-c2ccncc2)nc2c1CCN(Cc1cccc3ccccc13)C2. The minimum Gasteiger partial charge on any atom is -0.306 e. The van der Waals surface area contributed by atoms with Crippen LogP contribution in [0.4, 0.5) is 0 Å². The fourth-order valence-corrected chi connectivity index (χ4v) is 3.95. The molecule has 2 aromatic heterocycles. The van der Waals surface area contributed by atoms with Crippen LogP contribution in [0.25, 0.3) is 22.2 Å². The fourth-order valence-electron chi connectivity index (χ4n) is 3.95. The van der Waals surface area contributed by atoms with Crippen molar-refractivity contribution < 1.29 is 0 Å². The van der Waals surface area contributed by atoms with Crippen LogP contribution >= 0.6 is 0 Å². The number of fused-ring (bicyclic) bond motifs is 2. The van der Waals surface area contributed by atoms with E-state index in [4.69, 9.17) is 4.98 Å². The topological polar surface area (TPSA) is 61.9 Å². The molecule has 0 radical (unpaired) electrons. The van der Waals surface area contributed by atoms with Gasteiger partial charge in [0.1, 0.15) is 5.82 Å². The van der Waals surface area contributed by atoms with Crippen molar-refractivity contribution >= 4 is 10.8 Å². The third-order valence-corrected chi connectivity index (χ3v) is 5.38. The van der Waals surface area contributed by atoms with Crippen molar-refractivity contribution in [2.75, 3.05) is 6.54 Å². The summed E-state index contributed by atoms with van der Waals surface area (Å²) in [5.41, 5.74) is 3.84. The van der Waals surface area contributed by atoms with Gasteiger partial charge < -0.3 is 4.98 Å². The van der Waals surface area contributed by atoms with E-state index in [9.17, 15) is 4.79 Å². The van der Waals surface area contributed by atoms with Crippen molar-refractivity contribution in [3.63, 3.8) is 0 Å². The highest BCUT2D eigenvalue weighted by molar-refractivity contribution is 5.85. The molecule has 0 atom stereocenters. The Kier molecular flexibility index (Phi) is 4.22. The summed E-state index contributed by atoms with van der Waals surface area (Å²) < 4.78 is 0. The largest absolute Gasteiger partial charge is 0.306 e. The molecule has 1 N–H and O–H groups in total. The summed E-state index contributed by atoms with van der Waals surface area (Å²) >= 11 is 0. The third-order valence-electron chi connectivity index (χ3n) is 5.38. The first-order chi connectivity index (χ1) is 13.8. The van der Waals surface area contributed by atoms with Crippen LogP contribution in [0.1, 0.15) is 16.8 Å². The van der Waals surface area contributed by atoms with E-state index in [1.807, 2.05) is 12.1 Å². The van der Waals surface area contributed by atoms with Gasteiger partial charge in [0.2, 0.25) is 0 Å².